The maximum absolute atomic E-state index is 2.37. The maximum Gasteiger partial charge on any atom is 0.0462 e. The highest BCUT2D eigenvalue weighted by molar-refractivity contribution is 6.04. The standard InChI is InChI=1S/C66H45N/c1-2-15-54(16-3-1)66-64-22-9-7-14-52(64)36-43-65(66)53-34-41-61(42-35-53)67(59-37-30-48(31-38-59)47-24-26-49(27-25-47)57-29-28-46-12-4-5-17-55(46)44-57)60-39-32-50(33-40-60)56-19-10-20-58(45-56)63-23-11-18-51-13-6-8-21-62(51)63/h1-45H. The Hall–Kier alpha value is -8.78. The highest BCUT2D eigenvalue weighted by Crippen LogP contribution is 2.42. The van der Waals surface area contributed by atoms with Crippen LogP contribution in [0.5, 0.6) is 0 Å². The topological polar surface area (TPSA) is 3.24 Å². The van der Waals surface area contributed by atoms with Gasteiger partial charge in [-0.1, -0.05) is 224 Å². The van der Waals surface area contributed by atoms with Crippen LogP contribution in [0.1, 0.15) is 0 Å². The molecule has 0 bridgehead atoms. The molecule has 0 aliphatic rings. The molecular weight excluding hydrogens is 807 g/mol. The zero-order chi connectivity index (χ0) is 44.5. The summed E-state index contributed by atoms with van der Waals surface area (Å²) >= 11 is 0. The van der Waals surface area contributed by atoms with Gasteiger partial charge >= 0.3 is 0 Å². The number of benzene rings is 12. The van der Waals surface area contributed by atoms with Gasteiger partial charge < -0.3 is 4.90 Å². The van der Waals surface area contributed by atoms with Crippen molar-refractivity contribution in [3.63, 3.8) is 0 Å². The van der Waals surface area contributed by atoms with E-state index in [-0.39, 0.29) is 0 Å². The van der Waals surface area contributed by atoms with Gasteiger partial charge in [-0.15, -0.1) is 0 Å². The summed E-state index contributed by atoms with van der Waals surface area (Å²) in [6, 6.07) is 99.4. The Balaban J connectivity index is 0.900. The Kier molecular flexibility index (Phi) is 10.3. The molecule has 0 heterocycles. The second-order valence-corrected chi connectivity index (χ2v) is 17.3. The van der Waals surface area contributed by atoms with Crippen LogP contribution in [-0.2, 0) is 0 Å². The fourth-order valence-corrected chi connectivity index (χ4v) is 9.84. The molecule has 0 aromatic heterocycles. The monoisotopic (exact) mass is 851 g/mol. The summed E-state index contributed by atoms with van der Waals surface area (Å²) in [4.78, 5) is 2.37. The number of hydrogen-bond donors (Lipinski definition) is 0. The van der Waals surface area contributed by atoms with Gasteiger partial charge in [-0.2, -0.15) is 0 Å². The summed E-state index contributed by atoms with van der Waals surface area (Å²) in [5, 5.41) is 7.52. The van der Waals surface area contributed by atoms with Crippen LogP contribution >= 0.6 is 0 Å². The molecule has 12 aromatic rings. The SMILES string of the molecule is c1ccc(-c2c(-c3ccc(N(c4ccc(-c5ccc(-c6ccc7ccccc7c6)cc5)cc4)c4ccc(-c5cccc(-c6cccc7ccccc67)c5)cc4)cc3)ccc3ccccc23)cc1. The minimum Gasteiger partial charge on any atom is -0.311 e. The van der Waals surface area contributed by atoms with Crippen LogP contribution < -0.4 is 4.90 Å². The van der Waals surface area contributed by atoms with E-state index >= 15 is 0 Å². The Morgan fingerprint density at radius 1 is 0.194 bits per heavy atom. The second-order valence-electron chi connectivity index (χ2n) is 17.3. The Morgan fingerprint density at radius 3 is 1.27 bits per heavy atom. The molecule has 0 aliphatic heterocycles. The fourth-order valence-electron chi connectivity index (χ4n) is 9.84. The van der Waals surface area contributed by atoms with Gasteiger partial charge in [0.05, 0.1) is 0 Å². The number of fused-ring (bicyclic) bond motifs is 3. The van der Waals surface area contributed by atoms with E-state index in [0.29, 0.717) is 0 Å². The molecule has 0 amide bonds. The predicted octanol–water partition coefficient (Wildman–Crippen LogP) is 18.6. The van der Waals surface area contributed by atoms with E-state index in [2.05, 4.69) is 278 Å². The van der Waals surface area contributed by atoms with Crippen molar-refractivity contribution in [3.05, 3.63) is 273 Å². The van der Waals surface area contributed by atoms with Crippen LogP contribution in [0.3, 0.4) is 0 Å². The number of anilines is 3. The average molecular weight is 852 g/mol. The first-order valence-corrected chi connectivity index (χ1v) is 23.1. The first-order chi connectivity index (χ1) is 33.2. The maximum atomic E-state index is 2.37. The quantitative estimate of drug-likeness (QED) is 0.140. The molecule has 314 valence electrons. The van der Waals surface area contributed by atoms with Gasteiger partial charge in [-0.3, -0.25) is 0 Å². The summed E-state index contributed by atoms with van der Waals surface area (Å²) < 4.78 is 0. The van der Waals surface area contributed by atoms with Crippen molar-refractivity contribution < 1.29 is 0 Å². The van der Waals surface area contributed by atoms with Crippen molar-refractivity contribution in [2.45, 2.75) is 0 Å². The van der Waals surface area contributed by atoms with Gasteiger partial charge in [0.1, 0.15) is 0 Å². The molecule has 1 nitrogen and oxygen atoms in total. The van der Waals surface area contributed by atoms with Crippen LogP contribution in [0.25, 0.3) is 99.1 Å². The summed E-state index contributed by atoms with van der Waals surface area (Å²) in [5.41, 5.74) is 17.7. The van der Waals surface area contributed by atoms with E-state index in [1.165, 1.54) is 99.1 Å². The number of hydrogen-bond acceptors (Lipinski definition) is 1. The molecule has 0 spiro atoms. The van der Waals surface area contributed by atoms with Crippen LogP contribution in [0.2, 0.25) is 0 Å². The minimum absolute atomic E-state index is 1.09. The van der Waals surface area contributed by atoms with E-state index < -0.39 is 0 Å². The van der Waals surface area contributed by atoms with Gasteiger partial charge in [0.2, 0.25) is 0 Å². The highest BCUT2D eigenvalue weighted by atomic mass is 15.1. The number of nitrogens with zero attached hydrogens (tertiary/aromatic N) is 1. The lowest BCUT2D eigenvalue weighted by Gasteiger charge is -2.26. The largest absolute Gasteiger partial charge is 0.311 e. The minimum atomic E-state index is 1.09. The molecule has 0 fully saturated rings. The third kappa shape index (κ3) is 7.73. The van der Waals surface area contributed by atoms with Gasteiger partial charge in [0.25, 0.3) is 0 Å². The van der Waals surface area contributed by atoms with Crippen molar-refractivity contribution in [1.82, 2.24) is 0 Å². The van der Waals surface area contributed by atoms with Crippen LogP contribution in [-0.4, -0.2) is 0 Å². The molecular formula is C66H45N. The van der Waals surface area contributed by atoms with Gasteiger partial charge in [0, 0.05) is 17.1 Å². The molecule has 0 saturated heterocycles. The molecule has 12 rings (SSSR count). The van der Waals surface area contributed by atoms with Gasteiger partial charge in [-0.05, 0) is 148 Å². The summed E-state index contributed by atoms with van der Waals surface area (Å²) in [7, 11) is 0. The molecule has 0 saturated carbocycles. The first-order valence-electron chi connectivity index (χ1n) is 23.1. The lowest BCUT2D eigenvalue weighted by atomic mass is 9.90. The van der Waals surface area contributed by atoms with Crippen LogP contribution in [0, 0.1) is 0 Å². The van der Waals surface area contributed by atoms with E-state index in [1.807, 2.05) is 0 Å². The third-order valence-corrected chi connectivity index (χ3v) is 13.3. The Labute approximate surface area is 392 Å². The normalized spacial score (nSPS) is 11.3. The summed E-state index contributed by atoms with van der Waals surface area (Å²) in [6.07, 6.45) is 0. The molecule has 12 aromatic carbocycles. The van der Waals surface area contributed by atoms with Crippen LogP contribution in [0.15, 0.2) is 273 Å². The zero-order valence-electron chi connectivity index (χ0n) is 36.9. The van der Waals surface area contributed by atoms with Crippen molar-refractivity contribution in [2.24, 2.45) is 0 Å². The van der Waals surface area contributed by atoms with E-state index in [9.17, 15) is 0 Å². The predicted molar refractivity (Wildman–Crippen MR) is 286 cm³/mol. The number of rotatable bonds is 9. The molecule has 0 aliphatic carbocycles. The molecule has 0 atom stereocenters. The molecule has 0 N–H and O–H groups in total. The van der Waals surface area contributed by atoms with E-state index in [4.69, 9.17) is 0 Å². The van der Waals surface area contributed by atoms with Crippen molar-refractivity contribution >= 4 is 49.4 Å². The molecule has 0 unspecified atom stereocenters. The fraction of sp³-hybridized carbons (Fsp3) is 0. The lowest BCUT2D eigenvalue weighted by molar-refractivity contribution is 1.28. The Bertz CT molecular complexity index is 3700. The smallest absolute Gasteiger partial charge is 0.0462 e. The highest BCUT2D eigenvalue weighted by Gasteiger charge is 2.17. The van der Waals surface area contributed by atoms with Crippen LogP contribution in [0.4, 0.5) is 17.1 Å². The molecule has 1 heteroatoms. The van der Waals surface area contributed by atoms with Gasteiger partial charge in [-0.25, -0.2) is 0 Å². The Morgan fingerprint density at radius 2 is 0.612 bits per heavy atom. The van der Waals surface area contributed by atoms with E-state index in [1.54, 1.807) is 0 Å². The molecule has 0 radical (unpaired) electrons. The lowest BCUT2D eigenvalue weighted by Crippen LogP contribution is -2.09. The summed E-state index contributed by atoms with van der Waals surface area (Å²) in [5.74, 6) is 0. The second kappa shape index (κ2) is 17.3. The van der Waals surface area contributed by atoms with Crippen molar-refractivity contribution in [3.8, 4) is 66.8 Å². The third-order valence-electron chi connectivity index (χ3n) is 13.3. The average Bonchev–Trinajstić information content (AvgIpc) is 3.41. The van der Waals surface area contributed by atoms with Crippen molar-refractivity contribution in [1.29, 1.82) is 0 Å². The summed E-state index contributed by atoms with van der Waals surface area (Å²) in [6.45, 7) is 0. The first kappa shape index (κ1) is 39.8. The van der Waals surface area contributed by atoms with E-state index in [0.717, 1.165) is 17.1 Å². The molecule has 67 heavy (non-hydrogen) atoms. The van der Waals surface area contributed by atoms with Gasteiger partial charge in [0.15, 0.2) is 0 Å². The van der Waals surface area contributed by atoms with Crippen molar-refractivity contribution in [2.75, 3.05) is 4.90 Å². The zero-order valence-corrected chi connectivity index (χ0v) is 36.9.